The molecule has 1 aliphatic heterocycles. The third kappa shape index (κ3) is 5.76. The van der Waals surface area contributed by atoms with Gasteiger partial charge in [-0.1, -0.05) is 12.6 Å². The van der Waals surface area contributed by atoms with Crippen molar-refractivity contribution in [2.75, 3.05) is 43.9 Å². The van der Waals surface area contributed by atoms with Crippen molar-refractivity contribution < 1.29 is 14.3 Å². The molecule has 2 aromatic carbocycles. The fraction of sp³-hybridized carbons (Fsp3) is 0.185. The van der Waals surface area contributed by atoms with E-state index in [1.807, 2.05) is 40.6 Å². The molecular formula is C27H26N6O3S. The van der Waals surface area contributed by atoms with Gasteiger partial charge < -0.3 is 25.2 Å². The number of piperazine rings is 1. The second kappa shape index (κ2) is 10.8. The number of carbonyl (C=O) groups excluding carboxylic acids is 2. The van der Waals surface area contributed by atoms with Gasteiger partial charge in [0.05, 0.1) is 5.52 Å². The molecule has 5 rings (SSSR count). The summed E-state index contributed by atoms with van der Waals surface area (Å²) < 4.78 is 6.90. The van der Waals surface area contributed by atoms with Gasteiger partial charge in [-0.25, -0.2) is 4.98 Å². The Morgan fingerprint density at radius 2 is 1.81 bits per heavy atom. The lowest BCUT2D eigenvalue weighted by atomic mass is 10.1. The fourth-order valence-electron chi connectivity index (χ4n) is 3.92. The number of benzene rings is 2. The van der Waals surface area contributed by atoms with Crippen molar-refractivity contribution in [2.45, 2.75) is 0 Å². The predicted octanol–water partition coefficient (Wildman–Crippen LogP) is 4.74. The summed E-state index contributed by atoms with van der Waals surface area (Å²) in [7, 11) is 2.06. The minimum Gasteiger partial charge on any atom is -0.437 e. The van der Waals surface area contributed by atoms with E-state index in [1.165, 1.54) is 17.4 Å². The van der Waals surface area contributed by atoms with Gasteiger partial charge in [0.15, 0.2) is 0 Å². The number of rotatable bonds is 7. The number of nitrogens with zero attached hydrogens (tertiary/aromatic N) is 4. The number of fused-ring (bicyclic) bond motifs is 1. The summed E-state index contributed by atoms with van der Waals surface area (Å²) in [6.07, 6.45) is 1.21. The van der Waals surface area contributed by atoms with Gasteiger partial charge in [-0.05, 0) is 61.0 Å². The number of carbonyl (C=O) groups is 2. The molecular weight excluding hydrogens is 488 g/mol. The van der Waals surface area contributed by atoms with E-state index in [-0.39, 0.29) is 11.8 Å². The zero-order valence-corrected chi connectivity index (χ0v) is 21.1. The lowest BCUT2D eigenvalue weighted by Gasteiger charge is -2.32. The Bertz CT molecular complexity index is 1440. The van der Waals surface area contributed by atoms with Crippen molar-refractivity contribution in [3.05, 3.63) is 78.2 Å². The van der Waals surface area contributed by atoms with E-state index in [2.05, 4.69) is 39.1 Å². The van der Waals surface area contributed by atoms with Gasteiger partial charge in [0.25, 0.3) is 5.91 Å². The lowest BCUT2D eigenvalue weighted by Crippen LogP contribution is -2.47. The van der Waals surface area contributed by atoms with Gasteiger partial charge in [0, 0.05) is 49.2 Å². The van der Waals surface area contributed by atoms with Crippen molar-refractivity contribution in [3.63, 3.8) is 0 Å². The van der Waals surface area contributed by atoms with Crippen molar-refractivity contribution in [1.82, 2.24) is 19.8 Å². The molecule has 0 aliphatic carbocycles. The van der Waals surface area contributed by atoms with Gasteiger partial charge in [0.2, 0.25) is 17.7 Å². The van der Waals surface area contributed by atoms with Crippen LogP contribution in [0.1, 0.15) is 10.4 Å². The molecule has 188 valence electrons. The Morgan fingerprint density at radius 3 is 2.57 bits per heavy atom. The number of ether oxygens (including phenoxy) is 1. The summed E-state index contributed by atoms with van der Waals surface area (Å²) >= 11 is 1.48. The van der Waals surface area contributed by atoms with Crippen LogP contribution in [-0.4, -0.2) is 64.8 Å². The van der Waals surface area contributed by atoms with Crippen LogP contribution < -0.4 is 15.4 Å². The van der Waals surface area contributed by atoms with Crippen LogP contribution in [0.3, 0.4) is 0 Å². The first-order valence-electron chi connectivity index (χ1n) is 11.8. The highest BCUT2D eigenvalue weighted by Crippen LogP contribution is 2.33. The number of anilines is 3. The molecule has 1 aliphatic rings. The summed E-state index contributed by atoms with van der Waals surface area (Å²) in [5, 5.41) is 7.86. The second-order valence-electron chi connectivity index (χ2n) is 8.61. The van der Waals surface area contributed by atoms with Crippen LogP contribution in [0, 0.1) is 0 Å². The van der Waals surface area contributed by atoms with E-state index in [9.17, 15) is 9.59 Å². The molecule has 9 nitrogen and oxygen atoms in total. The molecule has 2 aromatic heterocycles. The molecule has 0 saturated carbocycles. The first-order chi connectivity index (χ1) is 18.0. The van der Waals surface area contributed by atoms with E-state index < -0.39 is 0 Å². The van der Waals surface area contributed by atoms with E-state index in [4.69, 9.17) is 4.74 Å². The monoisotopic (exact) mass is 514 g/mol. The standard InChI is InChI=1S/C27H26N6O3S/c1-3-23(34)28-20-5-4-6-21(17-20)36-25-24-22(11-16-37-24)30-27(31-25)29-19-9-7-18(8-10-19)26(35)33-14-12-32(2)13-15-33/h3-11,16-17H,1,12-15H2,2H3,(H,28,34)(H,29,30,31). The van der Waals surface area contributed by atoms with Crippen LogP contribution in [0.2, 0.25) is 0 Å². The van der Waals surface area contributed by atoms with Crippen LogP contribution in [0.15, 0.2) is 72.6 Å². The minimum atomic E-state index is -0.303. The van der Waals surface area contributed by atoms with Crippen LogP contribution in [0.4, 0.5) is 17.3 Å². The molecule has 4 aromatic rings. The Balaban J connectivity index is 1.33. The van der Waals surface area contributed by atoms with E-state index in [0.29, 0.717) is 28.8 Å². The van der Waals surface area contributed by atoms with E-state index in [0.717, 1.165) is 42.1 Å². The Hall–Kier alpha value is -4.28. The predicted molar refractivity (Wildman–Crippen MR) is 146 cm³/mol. The fourth-order valence-corrected chi connectivity index (χ4v) is 4.68. The van der Waals surface area contributed by atoms with Crippen LogP contribution >= 0.6 is 11.3 Å². The first-order valence-corrected chi connectivity index (χ1v) is 12.7. The SMILES string of the molecule is C=CC(=O)Nc1cccc(Oc2nc(Nc3ccc(C(=O)N4CCN(C)CC4)cc3)nc3ccsc23)c1. The first kappa shape index (κ1) is 24.4. The molecule has 37 heavy (non-hydrogen) atoms. The van der Waals surface area contributed by atoms with Gasteiger partial charge in [-0.15, -0.1) is 11.3 Å². The highest BCUT2D eigenvalue weighted by atomic mass is 32.1. The highest BCUT2D eigenvalue weighted by molar-refractivity contribution is 7.17. The summed E-state index contributed by atoms with van der Waals surface area (Å²) in [6.45, 7) is 6.70. The Kier molecular flexibility index (Phi) is 7.11. The van der Waals surface area contributed by atoms with E-state index >= 15 is 0 Å². The van der Waals surface area contributed by atoms with Crippen molar-refractivity contribution in [1.29, 1.82) is 0 Å². The summed E-state index contributed by atoms with van der Waals surface area (Å²) in [4.78, 5) is 37.8. The third-order valence-corrected chi connectivity index (χ3v) is 6.84. The summed E-state index contributed by atoms with van der Waals surface area (Å²) in [5.74, 6) is 1.03. The quantitative estimate of drug-likeness (QED) is 0.344. The number of hydrogen-bond donors (Lipinski definition) is 2. The summed E-state index contributed by atoms with van der Waals surface area (Å²) in [6, 6.07) is 16.3. The smallest absolute Gasteiger partial charge is 0.253 e. The maximum absolute atomic E-state index is 12.8. The normalized spacial score (nSPS) is 13.8. The zero-order valence-electron chi connectivity index (χ0n) is 20.3. The number of thiophene rings is 1. The van der Waals surface area contributed by atoms with Crippen molar-refractivity contribution in [2.24, 2.45) is 0 Å². The van der Waals surface area contributed by atoms with Gasteiger partial charge >= 0.3 is 0 Å². The highest BCUT2D eigenvalue weighted by Gasteiger charge is 2.20. The average molecular weight is 515 g/mol. The molecule has 0 atom stereocenters. The third-order valence-electron chi connectivity index (χ3n) is 5.95. The molecule has 1 saturated heterocycles. The molecule has 2 N–H and O–H groups in total. The molecule has 0 spiro atoms. The average Bonchev–Trinajstić information content (AvgIpc) is 3.38. The van der Waals surface area contributed by atoms with Crippen LogP contribution in [0.5, 0.6) is 11.6 Å². The van der Waals surface area contributed by atoms with Gasteiger partial charge in [-0.3, -0.25) is 9.59 Å². The number of nitrogens with one attached hydrogen (secondary N) is 2. The second-order valence-corrected chi connectivity index (χ2v) is 9.52. The Labute approximate surface area is 218 Å². The number of aromatic nitrogens is 2. The van der Waals surface area contributed by atoms with Gasteiger partial charge in [0.1, 0.15) is 10.4 Å². The molecule has 0 bridgehead atoms. The van der Waals surface area contributed by atoms with Gasteiger partial charge in [-0.2, -0.15) is 4.98 Å². The number of amides is 2. The number of likely N-dealkylation sites (N-methyl/N-ethyl adjacent to an activating group) is 1. The topological polar surface area (TPSA) is 99.7 Å². The lowest BCUT2D eigenvalue weighted by molar-refractivity contribution is -0.111. The number of hydrogen-bond acceptors (Lipinski definition) is 8. The Morgan fingerprint density at radius 1 is 1.03 bits per heavy atom. The minimum absolute atomic E-state index is 0.0396. The molecule has 1 fully saturated rings. The van der Waals surface area contributed by atoms with E-state index in [1.54, 1.807) is 24.3 Å². The molecule has 0 radical (unpaired) electrons. The maximum Gasteiger partial charge on any atom is 0.253 e. The van der Waals surface area contributed by atoms with Crippen LogP contribution in [-0.2, 0) is 4.79 Å². The van der Waals surface area contributed by atoms with Crippen LogP contribution in [0.25, 0.3) is 10.2 Å². The molecule has 3 heterocycles. The maximum atomic E-state index is 12.8. The molecule has 0 unspecified atom stereocenters. The zero-order chi connectivity index (χ0) is 25.8. The van der Waals surface area contributed by atoms with Crippen molar-refractivity contribution in [3.8, 4) is 11.6 Å². The molecule has 10 heteroatoms. The summed E-state index contributed by atoms with van der Waals surface area (Å²) in [5.41, 5.74) is 2.74. The molecule has 2 amide bonds. The largest absolute Gasteiger partial charge is 0.437 e. The van der Waals surface area contributed by atoms with Crippen molar-refractivity contribution >= 4 is 50.7 Å².